The number of nitrogens with one attached hydrogen (secondary N) is 1. The first kappa shape index (κ1) is 14.4. The van der Waals surface area contributed by atoms with Crippen LogP contribution in [0.3, 0.4) is 0 Å². The van der Waals surface area contributed by atoms with Gasteiger partial charge in [-0.1, -0.05) is 18.2 Å². The van der Waals surface area contributed by atoms with Gasteiger partial charge in [0.1, 0.15) is 0 Å². The Bertz CT molecular complexity index is 474. The Balaban J connectivity index is 1.59. The van der Waals surface area contributed by atoms with E-state index in [1.54, 1.807) is 0 Å². The molecule has 0 spiro atoms. The van der Waals surface area contributed by atoms with Crippen molar-refractivity contribution in [3.8, 4) is 0 Å². The second kappa shape index (κ2) is 6.06. The minimum absolute atomic E-state index is 0.201. The fourth-order valence-corrected chi connectivity index (χ4v) is 3.43. The lowest BCUT2D eigenvalue weighted by atomic mass is 9.81. The van der Waals surface area contributed by atoms with Gasteiger partial charge >= 0.3 is 0 Å². The molecule has 0 bridgehead atoms. The molecule has 2 heterocycles. The quantitative estimate of drug-likeness (QED) is 0.900. The summed E-state index contributed by atoms with van der Waals surface area (Å²) in [6, 6.07) is 10.5. The van der Waals surface area contributed by atoms with Crippen LogP contribution in [0.4, 0.5) is 5.69 Å². The minimum atomic E-state index is -0.201. The van der Waals surface area contributed by atoms with Crippen LogP contribution < -0.4 is 10.2 Å². The second-order valence-electron chi connectivity index (χ2n) is 6.46. The summed E-state index contributed by atoms with van der Waals surface area (Å²) < 4.78 is 0. The summed E-state index contributed by atoms with van der Waals surface area (Å²) in [6.45, 7) is 7.52. The molecule has 1 N–H and O–H groups in total. The second-order valence-corrected chi connectivity index (χ2v) is 6.46. The van der Waals surface area contributed by atoms with Crippen LogP contribution in [-0.4, -0.2) is 50.1 Å². The SMILES string of the molecule is CC1(C(=O)N2CCN(c3ccccc3)CC2)CCCNC1. The molecule has 0 saturated carbocycles. The normalized spacial score (nSPS) is 26.7. The van der Waals surface area contributed by atoms with Gasteiger partial charge in [-0.3, -0.25) is 4.79 Å². The van der Waals surface area contributed by atoms with Crippen LogP contribution in [-0.2, 0) is 4.79 Å². The molecule has 1 atom stereocenters. The highest BCUT2D eigenvalue weighted by atomic mass is 16.2. The van der Waals surface area contributed by atoms with E-state index >= 15 is 0 Å². The van der Waals surface area contributed by atoms with Gasteiger partial charge in [0.2, 0.25) is 5.91 Å². The molecular weight excluding hydrogens is 262 g/mol. The average Bonchev–Trinajstić information content (AvgIpc) is 2.56. The number of anilines is 1. The topological polar surface area (TPSA) is 35.6 Å². The Morgan fingerprint density at radius 3 is 2.48 bits per heavy atom. The maximum atomic E-state index is 12.8. The van der Waals surface area contributed by atoms with Gasteiger partial charge in [-0.2, -0.15) is 0 Å². The van der Waals surface area contributed by atoms with Gasteiger partial charge in [-0.15, -0.1) is 0 Å². The zero-order chi connectivity index (χ0) is 14.7. The smallest absolute Gasteiger partial charge is 0.229 e. The highest BCUT2D eigenvalue weighted by molar-refractivity contribution is 5.83. The van der Waals surface area contributed by atoms with E-state index in [2.05, 4.69) is 46.3 Å². The molecule has 1 aromatic rings. The van der Waals surface area contributed by atoms with Gasteiger partial charge in [-0.05, 0) is 38.4 Å². The van der Waals surface area contributed by atoms with Gasteiger partial charge in [0.15, 0.2) is 0 Å². The number of para-hydroxylation sites is 1. The molecule has 0 aliphatic carbocycles. The summed E-state index contributed by atoms with van der Waals surface area (Å²) in [6.07, 6.45) is 2.12. The summed E-state index contributed by atoms with van der Waals surface area (Å²) in [5.74, 6) is 0.336. The van der Waals surface area contributed by atoms with Gasteiger partial charge < -0.3 is 15.1 Å². The van der Waals surface area contributed by atoms with Crippen molar-refractivity contribution >= 4 is 11.6 Å². The fourth-order valence-electron chi connectivity index (χ4n) is 3.43. The van der Waals surface area contributed by atoms with E-state index in [9.17, 15) is 4.79 Å². The first-order chi connectivity index (χ1) is 10.2. The van der Waals surface area contributed by atoms with E-state index in [1.165, 1.54) is 5.69 Å². The number of amides is 1. The van der Waals surface area contributed by atoms with E-state index in [4.69, 9.17) is 0 Å². The van der Waals surface area contributed by atoms with Gasteiger partial charge in [0.05, 0.1) is 5.41 Å². The molecule has 2 aliphatic rings. The van der Waals surface area contributed by atoms with Crippen LogP contribution >= 0.6 is 0 Å². The van der Waals surface area contributed by atoms with Crippen molar-refractivity contribution in [2.24, 2.45) is 5.41 Å². The average molecular weight is 287 g/mol. The maximum Gasteiger partial charge on any atom is 0.229 e. The molecular formula is C17H25N3O. The van der Waals surface area contributed by atoms with Crippen molar-refractivity contribution in [3.63, 3.8) is 0 Å². The molecule has 2 aliphatic heterocycles. The third kappa shape index (κ3) is 3.05. The Morgan fingerprint density at radius 2 is 1.86 bits per heavy atom. The summed E-state index contributed by atoms with van der Waals surface area (Å²) in [5, 5.41) is 3.37. The number of rotatable bonds is 2. The lowest BCUT2D eigenvalue weighted by Crippen LogP contribution is -2.55. The number of carbonyl (C=O) groups excluding carboxylic acids is 1. The number of piperidine rings is 1. The number of benzene rings is 1. The van der Waals surface area contributed by atoms with Crippen LogP contribution in [0, 0.1) is 5.41 Å². The van der Waals surface area contributed by atoms with Crippen molar-refractivity contribution in [1.82, 2.24) is 10.2 Å². The van der Waals surface area contributed by atoms with Gasteiger partial charge in [0, 0.05) is 38.4 Å². The summed E-state index contributed by atoms with van der Waals surface area (Å²) in [7, 11) is 0. The number of hydrogen-bond donors (Lipinski definition) is 1. The third-order valence-electron chi connectivity index (χ3n) is 4.80. The Labute approximate surface area is 127 Å². The molecule has 0 aromatic heterocycles. The fraction of sp³-hybridized carbons (Fsp3) is 0.588. The standard InChI is InChI=1S/C17H25N3O/c1-17(8-5-9-18-14-17)16(21)20-12-10-19(11-13-20)15-6-3-2-4-7-15/h2-4,6-7,18H,5,8-14H2,1H3. The van der Waals surface area contributed by atoms with Crippen molar-refractivity contribution in [2.75, 3.05) is 44.2 Å². The largest absolute Gasteiger partial charge is 0.368 e. The zero-order valence-corrected chi connectivity index (χ0v) is 12.8. The molecule has 0 radical (unpaired) electrons. The monoisotopic (exact) mass is 287 g/mol. The predicted molar refractivity (Wildman–Crippen MR) is 85.4 cm³/mol. The number of carbonyl (C=O) groups is 1. The van der Waals surface area contributed by atoms with Crippen molar-refractivity contribution in [1.29, 1.82) is 0 Å². The number of piperazine rings is 1. The molecule has 4 nitrogen and oxygen atoms in total. The molecule has 21 heavy (non-hydrogen) atoms. The minimum Gasteiger partial charge on any atom is -0.368 e. The summed E-state index contributed by atoms with van der Waals surface area (Å²) >= 11 is 0. The Morgan fingerprint density at radius 1 is 1.14 bits per heavy atom. The predicted octanol–water partition coefficient (Wildman–Crippen LogP) is 1.72. The van der Waals surface area contributed by atoms with Crippen LogP contribution in [0.5, 0.6) is 0 Å². The van der Waals surface area contributed by atoms with Crippen molar-refractivity contribution < 1.29 is 4.79 Å². The van der Waals surface area contributed by atoms with Crippen LogP contribution in [0.1, 0.15) is 19.8 Å². The molecule has 2 fully saturated rings. The van der Waals surface area contributed by atoms with E-state index in [-0.39, 0.29) is 5.41 Å². The molecule has 114 valence electrons. The highest BCUT2D eigenvalue weighted by Gasteiger charge is 2.38. The molecule has 2 saturated heterocycles. The van der Waals surface area contributed by atoms with E-state index in [1.807, 2.05) is 6.07 Å². The lowest BCUT2D eigenvalue weighted by Gasteiger charge is -2.42. The van der Waals surface area contributed by atoms with Crippen molar-refractivity contribution in [2.45, 2.75) is 19.8 Å². The first-order valence-electron chi connectivity index (χ1n) is 7.99. The molecule has 1 amide bonds. The molecule has 3 rings (SSSR count). The van der Waals surface area contributed by atoms with Gasteiger partial charge in [0.25, 0.3) is 0 Å². The number of nitrogens with zero attached hydrogens (tertiary/aromatic N) is 2. The van der Waals surface area contributed by atoms with Crippen LogP contribution in [0.25, 0.3) is 0 Å². The zero-order valence-electron chi connectivity index (χ0n) is 12.8. The number of hydrogen-bond acceptors (Lipinski definition) is 3. The summed E-state index contributed by atoms with van der Waals surface area (Å²) in [5.41, 5.74) is 1.06. The van der Waals surface area contributed by atoms with Crippen molar-refractivity contribution in [3.05, 3.63) is 30.3 Å². The Kier molecular flexibility index (Phi) is 4.15. The highest BCUT2D eigenvalue weighted by Crippen LogP contribution is 2.28. The summed E-state index contributed by atoms with van der Waals surface area (Å²) in [4.78, 5) is 17.2. The third-order valence-corrected chi connectivity index (χ3v) is 4.80. The van der Waals surface area contributed by atoms with E-state index in [0.717, 1.165) is 52.1 Å². The molecule has 4 heteroatoms. The van der Waals surface area contributed by atoms with E-state index < -0.39 is 0 Å². The van der Waals surface area contributed by atoms with Crippen LogP contribution in [0.15, 0.2) is 30.3 Å². The first-order valence-corrected chi connectivity index (χ1v) is 7.99. The molecule has 1 unspecified atom stereocenters. The van der Waals surface area contributed by atoms with Gasteiger partial charge in [-0.25, -0.2) is 0 Å². The van der Waals surface area contributed by atoms with Crippen LogP contribution in [0.2, 0.25) is 0 Å². The van der Waals surface area contributed by atoms with E-state index in [0.29, 0.717) is 5.91 Å². The lowest BCUT2D eigenvalue weighted by molar-refractivity contribution is -0.142. The molecule has 1 aromatic carbocycles. The maximum absolute atomic E-state index is 12.8. The Hall–Kier alpha value is -1.55.